The molecule has 0 fully saturated rings. The summed E-state index contributed by atoms with van der Waals surface area (Å²) in [6, 6.07) is 47.3. The maximum Gasteiger partial charge on any atom is 0.145 e. The molecule has 0 atom stereocenters. The molecular formula is C43H30N2. The number of hydrogen-bond acceptors (Lipinski definition) is 2. The Morgan fingerprint density at radius 2 is 1.09 bits per heavy atom. The van der Waals surface area contributed by atoms with Crippen LogP contribution in [0, 0.1) is 0 Å². The fourth-order valence-electron chi connectivity index (χ4n) is 8.28. The number of hydrogen-bond donors (Lipinski definition) is 0. The second-order valence-corrected chi connectivity index (χ2v) is 13.2. The molecule has 0 N–H and O–H groups in total. The van der Waals surface area contributed by atoms with E-state index in [0.29, 0.717) is 0 Å². The maximum absolute atomic E-state index is 5.02. The van der Waals surface area contributed by atoms with Crippen molar-refractivity contribution in [2.24, 2.45) is 0 Å². The van der Waals surface area contributed by atoms with Crippen LogP contribution in [-0.4, -0.2) is 4.98 Å². The van der Waals surface area contributed by atoms with Crippen LogP contribution < -0.4 is 4.90 Å². The van der Waals surface area contributed by atoms with Gasteiger partial charge in [0.05, 0.1) is 11.4 Å². The third kappa shape index (κ3) is 3.32. The van der Waals surface area contributed by atoms with Crippen molar-refractivity contribution in [3.05, 3.63) is 156 Å². The number of fused-ring (bicyclic) bond motifs is 12. The predicted molar refractivity (Wildman–Crippen MR) is 189 cm³/mol. The van der Waals surface area contributed by atoms with E-state index in [4.69, 9.17) is 4.98 Å². The number of nitrogens with zero attached hydrogens (tertiary/aromatic N) is 2. The van der Waals surface area contributed by atoms with Crippen LogP contribution in [0.3, 0.4) is 0 Å². The van der Waals surface area contributed by atoms with E-state index in [1.165, 1.54) is 82.5 Å². The Morgan fingerprint density at radius 3 is 1.84 bits per heavy atom. The van der Waals surface area contributed by atoms with Gasteiger partial charge < -0.3 is 0 Å². The SMILES string of the molecule is CC1(C)c2cc3c(cc2-c2cc4c5ccccc5c5ccccc5c4cc21)Cc1ccccc1N3c1nccc2ccccc12. The lowest BCUT2D eigenvalue weighted by Crippen LogP contribution is -2.21. The van der Waals surface area contributed by atoms with Crippen molar-refractivity contribution in [2.45, 2.75) is 25.7 Å². The van der Waals surface area contributed by atoms with Gasteiger partial charge in [-0.05, 0) is 107 Å². The smallest absolute Gasteiger partial charge is 0.145 e. The zero-order valence-corrected chi connectivity index (χ0v) is 25.3. The Bertz CT molecular complexity index is 2550. The molecule has 0 unspecified atom stereocenters. The fraction of sp³-hybridized carbons (Fsp3) is 0.0930. The summed E-state index contributed by atoms with van der Waals surface area (Å²) < 4.78 is 0. The second kappa shape index (κ2) is 8.80. The van der Waals surface area contributed by atoms with Crippen molar-refractivity contribution in [2.75, 3.05) is 4.90 Å². The Morgan fingerprint density at radius 1 is 0.511 bits per heavy atom. The number of aromatic nitrogens is 1. The van der Waals surface area contributed by atoms with Crippen molar-refractivity contribution in [1.29, 1.82) is 0 Å². The van der Waals surface area contributed by atoms with Crippen molar-refractivity contribution >= 4 is 60.3 Å². The zero-order valence-electron chi connectivity index (χ0n) is 25.3. The lowest BCUT2D eigenvalue weighted by atomic mass is 9.80. The van der Waals surface area contributed by atoms with Crippen LogP contribution in [0.4, 0.5) is 17.2 Å². The van der Waals surface area contributed by atoms with Gasteiger partial charge in [-0.15, -0.1) is 0 Å². The molecule has 0 spiro atoms. The minimum absolute atomic E-state index is 0.157. The number of rotatable bonds is 1. The first-order valence-electron chi connectivity index (χ1n) is 15.9. The largest absolute Gasteiger partial charge is 0.294 e. The Kier molecular flexibility index (Phi) is 4.87. The molecule has 10 rings (SSSR count). The van der Waals surface area contributed by atoms with Crippen LogP contribution in [0.15, 0.2) is 134 Å². The average Bonchev–Trinajstić information content (AvgIpc) is 3.30. The highest BCUT2D eigenvalue weighted by Crippen LogP contribution is 2.55. The summed E-state index contributed by atoms with van der Waals surface area (Å²) in [5, 5.41) is 10.3. The third-order valence-corrected chi connectivity index (χ3v) is 10.5. The van der Waals surface area contributed by atoms with Gasteiger partial charge in [-0.2, -0.15) is 0 Å². The van der Waals surface area contributed by atoms with Gasteiger partial charge in [0, 0.05) is 23.4 Å². The number of para-hydroxylation sites is 1. The lowest BCUT2D eigenvalue weighted by Gasteiger charge is -2.34. The molecule has 2 heteroatoms. The molecule has 0 amide bonds. The van der Waals surface area contributed by atoms with E-state index >= 15 is 0 Å². The standard InChI is InChI=1S/C43H30N2/c1-43(2)38-24-35-33-17-9-7-15-31(33)30-14-6-8-16-32(30)34(35)23-37(38)36-22-28-21-27-12-4-10-18-40(27)45(41(28)25-39(36)43)42-29-13-5-3-11-26(29)19-20-44-42/h3-20,22-25H,21H2,1-2H3. The maximum atomic E-state index is 5.02. The molecule has 1 aromatic heterocycles. The zero-order chi connectivity index (χ0) is 29.9. The van der Waals surface area contributed by atoms with E-state index in [-0.39, 0.29) is 5.41 Å². The number of pyridine rings is 1. The highest BCUT2D eigenvalue weighted by molar-refractivity contribution is 6.26. The second-order valence-electron chi connectivity index (χ2n) is 13.2. The van der Waals surface area contributed by atoms with E-state index in [9.17, 15) is 0 Å². The van der Waals surface area contributed by atoms with Crippen LogP contribution in [0.1, 0.15) is 36.1 Å². The summed E-state index contributed by atoms with van der Waals surface area (Å²) in [6.45, 7) is 4.80. The monoisotopic (exact) mass is 574 g/mol. The van der Waals surface area contributed by atoms with Crippen molar-refractivity contribution < 1.29 is 0 Å². The van der Waals surface area contributed by atoms with Gasteiger partial charge in [0.2, 0.25) is 0 Å². The van der Waals surface area contributed by atoms with E-state index < -0.39 is 0 Å². The summed E-state index contributed by atoms with van der Waals surface area (Å²) >= 11 is 0. The predicted octanol–water partition coefficient (Wildman–Crippen LogP) is 11.4. The Balaban J connectivity index is 1.27. The number of anilines is 3. The molecule has 2 nitrogen and oxygen atoms in total. The first-order valence-corrected chi connectivity index (χ1v) is 15.9. The minimum atomic E-state index is -0.157. The van der Waals surface area contributed by atoms with Gasteiger partial charge >= 0.3 is 0 Å². The van der Waals surface area contributed by atoms with Crippen molar-refractivity contribution in [1.82, 2.24) is 4.98 Å². The normalized spacial score (nSPS) is 14.5. The molecule has 0 saturated carbocycles. The van der Waals surface area contributed by atoms with Crippen molar-refractivity contribution in [3.63, 3.8) is 0 Å². The summed E-state index contributed by atoms with van der Waals surface area (Å²) in [4.78, 5) is 7.43. The lowest BCUT2D eigenvalue weighted by molar-refractivity contribution is 0.661. The molecule has 8 aromatic rings. The average molecular weight is 575 g/mol. The van der Waals surface area contributed by atoms with Crippen LogP contribution in [0.5, 0.6) is 0 Å². The molecule has 1 aliphatic carbocycles. The summed E-state index contributed by atoms with van der Waals surface area (Å²) in [5.74, 6) is 0.985. The van der Waals surface area contributed by atoms with Crippen LogP contribution in [0.2, 0.25) is 0 Å². The van der Waals surface area contributed by atoms with Gasteiger partial charge in [-0.25, -0.2) is 4.98 Å². The molecule has 2 aliphatic rings. The van der Waals surface area contributed by atoms with E-state index in [1.54, 1.807) is 0 Å². The summed E-state index contributed by atoms with van der Waals surface area (Å²) in [5.41, 5.74) is 10.5. The molecule has 0 saturated heterocycles. The quantitative estimate of drug-likeness (QED) is 0.181. The topological polar surface area (TPSA) is 16.1 Å². The van der Waals surface area contributed by atoms with E-state index in [1.807, 2.05) is 6.20 Å². The van der Waals surface area contributed by atoms with Gasteiger partial charge in [-0.3, -0.25) is 4.90 Å². The van der Waals surface area contributed by atoms with Gasteiger partial charge in [0.25, 0.3) is 0 Å². The minimum Gasteiger partial charge on any atom is -0.294 e. The number of benzene rings is 7. The first kappa shape index (κ1) is 24.9. The first-order chi connectivity index (χ1) is 22.1. The van der Waals surface area contributed by atoms with Gasteiger partial charge in [0.15, 0.2) is 0 Å². The Hall–Kier alpha value is -5.47. The highest BCUT2D eigenvalue weighted by Gasteiger charge is 2.39. The summed E-state index contributed by atoms with van der Waals surface area (Å²) in [7, 11) is 0. The van der Waals surface area contributed by atoms with Gasteiger partial charge in [-0.1, -0.05) is 105 Å². The van der Waals surface area contributed by atoms with Crippen molar-refractivity contribution in [3.8, 4) is 11.1 Å². The van der Waals surface area contributed by atoms with Crippen LogP contribution in [0.25, 0.3) is 54.2 Å². The molecule has 212 valence electrons. The highest BCUT2D eigenvalue weighted by atomic mass is 15.2. The molecule has 1 aliphatic heterocycles. The van der Waals surface area contributed by atoms with E-state index in [2.05, 4.69) is 146 Å². The molecule has 0 radical (unpaired) electrons. The van der Waals surface area contributed by atoms with Crippen LogP contribution >= 0.6 is 0 Å². The fourth-order valence-corrected chi connectivity index (χ4v) is 8.28. The molecule has 2 heterocycles. The molecule has 0 bridgehead atoms. The third-order valence-electron chi connectivity index (χ3n) is 10.5. The Labute approximate surface area is 262 Å². The molecule has 45 heavy (non-hydrogen) atoms. The molecular weight excluding hydrogens is 544 g/mol. The van der Waals surface area contributed by atoms with E-state index in [0.717, 1.165) is 17.6 Å². The molecule has 7 aromatic carbocycles. The van der Waals surface area contributed by atoms with Gasteiger partial charge in [0.1, 0.15) is 5.82 Å². The summed E-state index contributed by atoms with van der Waals surface area (Å²) in [6.07, 6.45) is 2.85. The van der Waals surface area contributed by atoms with Crippen LogP contribution in [-0.2, 0) is 11.8 Å².